The zero-order valence-corrected chi connectivity index (χ0v) is 13.1. The number of anilines is 1. The van der Waals surface area contributed by atoms with E-state index >= 15 is 0 Å². The SMILES string of the molecule is CC1CCCCC1NC(=O)c1cccc(NC(=O)C2CC2)c1. The average molecular weight is 300 g/mol. The Morgan fingerprint density at radius 1 is 1.09 bits per heavy atom. The topological polar surface area (TPSA) is 58.2 Å². The molecule has 0 aromatic heterocycles. The molecule has 1 aromatic rings. The van der Waals surface area contributed by atoms with Gasteiger partial charge in [-0.3, -0.25) is 9.59 Å². The van der Waals surface area contributed by atoms with Crippen LogP contribution in [0.1, 0.15) is 55.8 Å². The van der Waals surface area contributed by atoms with Crippen molar-refractivity contribution < 1.29 is 9.59 Å². The number of rotatable bonds is 4. The van der Waals surface area contributed by atoms with E-state index in [4.69, 9.17) is 0 Å². The van der Waals surface area contributed by atoms with E-state index < -0.39 is 0 Å². The van der Waals surface area contributed by atoms with Crippen LogP contribution in [-0.2, 0) is 4.79 Å². The lowest BCUT2D eigenvalue weighted by Crippen LogP contribution is -2.41. The van der Waals surface area contributed by atoms with Gasteiger partial charge < -0.3 is 10.6 Å². The molecule has 2 N–H and O–H groups in total. The molecule has 22 heavy (non-hydrogen) atoms. The second-order valence-corrected chi connectivity index (χ2v) is 6.69. The van der Waals surface area contributed by atoms with Gasteiger partial charge >= 0.3 is 0 Å². The quantitative estimate of drug-likeness (QED) is 0.896. The van der Waals surface area contributed by atoms with E-state index in [-0.39, 0.29) is 23.8 Å². The third kappa shape index (κ3) is 3.67. The van der Waals surface area contributed by atoms with Crippen LogP contribution in [0, 0.1) is 11.8 Å². The van der Waals surface area contributed by atoms with E-state index in [1.165, 1.54) is 19.3 Å². The van der Waals surface area contributed by atoms with Crippen molar-refractivity contribution in [2.45, 2.75) is 51.5 Å². The molecule has 2 unspecified atom stereocenters. The molecule has 1 aromatic carbocycles. The van der Waals surface area contributed by atoms with Crippen LogP contribution >= 0.6 is 0 Å². The summed E-state index contributed by atoms with van der Waals surface area (Å²) >= 11 is 0. The largest absolute Gasteiger partial charge is 0.349 e. The third-order valence-corrected chi connectivity index (χ3v) is 4.77. The summed E-state index contributed by atoms with van der Waals surface area (Å²) < 4.78 is 0. The number of carbonyl (C=O) groups excluding carboxylic acids is 2. The van der Waals surface area contributed by atoms with E-state index in [9.17, 15) is 9.59 Å². The van der Waals surface area contributed by atoms with Crippen LogP contribution in [0.5, 0.6) is 0 Å². The fourth-order valence-electron chi connectivity index (χ4n) is 3.11. The molecule has 2 saturated carbocycles. The summed E-state index contributed by atoms with van der Waals surface area (Å²) in [5.74, 6) is 0.732. The first-order valence-corrected chi connectivity index (χ1v) is 8.35. The molecule has 0 aliphatic heterocycles. The highest BCUT2D eigenvalue weighted by atomic mass is 16.2. The Bertz CT molecular complexity index is 566. The molecule has 2 aliphatic carbocycles. The Balaban J connectivity index is 1.63. The molecule has 0 spiro atoms. The summed E-state index contributed by atoms with van der Waals surface area (Å²) in [6.45, 7) is 2.20. The van der Waals surface area contributed by atoms with Crippen LogP contribution < -0.4 is 10.6 Å². The van der Waals surface area contributed by atoms with Gasteiger partial charge in [0.1, 0.15) is 0 Å². The second kappa shape index (κ2) is 6.51. The maximum atomic E-state index is 12.4. The molecule has 2 atom stereocenters. The Morgan fingerprint density at radius 3 is 2.59 bits per heavy atom. The standard InChI is InChI=1S/C18H24N2O2/c1-12-5-2-3-8-16(12)20-18(22)14-6-4-7-15(11-14)19-17(21)13-9-10-13/h4,6-7,11-13,16H,2-3,5,8-10H2,1H3,(H,19,21)(H,20,22). The van der Waals surface area contributed by atoms with Gasteiger partial charge in [-0.1, -0.05) is 25.8 Å². The molecule has 4 heteroatoms. The highest BCUT2D eigenvalue weighted by Crippen LogP contribution is 2.30. The second-order valence-electron chi connectivity index (χ2n) is 6.69. The average Bonchev–Trinajstić information content (AvgIpc) is 3.34. The number of hydrogen-bond donors (Lipinski definition) is 2. The van der Waals surface area contributed by atoms with Gasteiger partial charge in [-0.2, -0.15) is 0 Å². The van der Waals surface area contributed by atoms with Crippen LogP contribution in [0.15, 0.2) is 24.3 Å². The molecular weight excluding hydrogens is 276 g/mol. The fourth-order valence-corrected chi connectivity index (χ4v) is 3.11. The smallest absolute Gasteiger partial charge is 0.251 e. The van der Waals surface area contributed by atoms with Crippen LogP contribution in [0.25, 0.3) is 0 Å². The van der Waals surface area contributed by atoms with Gasteiger partial charge in [0.25, 0.3) is 5.91 Å². The van der Waals surface area contributed by atoms with Crippen molar-refractivity contribution in [2.75, 3.05) is 5.32 Å². The molecule has 118 valence electrons. The summed E-state index contributed by atoms with van der Waals surface area (Å²) in [6.07, 6.45) is 6.65. The first kappa shape index (κ1) is 15.1. The van der Waals surface area contributed by atoms with Crippen molar-refractivity contribution in [1.82, 2.24) is 5.32 Å². The number of benzene rings is 1. The normalized spacial score (nSPS) is 24.6. The van der Waals surface area contributed by atoms with Gasteiger partial charge in [-0.05, 0) is 49.8 Å². The van der Waals surface area contributed by atoms with E-state index in [2.05, 4.69) is 17.6 Å². The molecule has 2 aliphatic rings. The van der Waals surface area contributed by atoms with Crippen molar-refractivity contribution in [2.24, 2.45) is 11.8 Å². The zero-order valence-electron chi connectivity index (χ0n) is 13.1. The Morgan fingerprint density at radius 2 is 1.86 bits per heavy atom. The minimum atomic E-state index is -0.0405. The first-order chi connectivity index (χ1) is 10.6. The summed E-state index contributed by atoms with van der Waals surface area (Å²) in [7, 11) is 0. The summed E-state index contributed by atoms with van der Waals surface area (Å²) in [5, 5.41) is 6.04. The Labute approximate surface area is 131 Å². The lowest BCUT2D eigenvalue weighted by molar-refractivity contribution is -0.117. The number of carbonyl (C=O) groups is 2. The molecule has 3 rings (SSSR count). The monoisotopic (exact) mass is 300 g/mol. The van der Waals surface area contributed by atoms with Crippen molar-refractivity contribution in [1.29, 1.82) is 0 Å². The molecule has 2 fully saturated rings. The zero-order chi connectivity index (χ0) is 15.5. The fraction of sp³-hybridized carbons (Fsp3) is 0.556. The van der Waals surface area contributed by atoms with Crippen LogP contribution in [-0.4, -0.2) is 17.9 Å². The van der Waals surface area contributed by atoms with E-state index in [1.54, 1.807) is 12.1 Å². The van der Waals surface area contributed by atoms with Crippen LogP contribution in [0.2, 0.25) is 0 Å². The molecule has 0 bridgehead atoms. The summed E-state index contributed by atoms with van der Waals surface area (Å²) in [6, 6.07) is 7.49. The maximum absolute atomic E-state index is 12.4. The van der Waals surface area contributed by atoms with Crippen molar-refractivity contribution in [3.05, 3.63) is 29.8 Å². The highest BCUT2D eigenvalue weighted by molar-refractivity contribution is 5.98. The molecule has 0 saturated heterocycles. The van der Waals surface area contributed by atoms with E-state index in [0.29, 0.717) is 17.2 Å². The van der Waals surface area contributed by atoms with Gasteiger partial charge in [0.15, 0.2) is 0 Å². The van der Waals surface area contributed by atoms with Gasteiger partial charge in [-0.15, -0.1) is 0 Å². The molecule has 2 amide bonds. The van der Waals surface area contributed by atoms with Crippen LogP contribution in [0.3, 0.4) is 0 Å². The van der Waals surface area contributed by atoms with Crippen LogP contribution in [0.4, 0.5) is 5.69 Å². The molecule has 0 heterocycles. The van der Waals surface area contributed by atoms with Gasteiger partial charge in [0.05, 0.1) is 0 Å². The lowest BCUT2D eigenvalue weighted by atomic mass is 9.86. The van der Waals surface area contributed by atoms with Gasteiger partial charge in [0, 0.05) is 23.2 Å². The number of nitrogens with one attached hydrogen (secondary N) is 2. The molecule has 0 radical (unpaired) electrons. The number of hydrogen-bond acceptors (Lipinski definition) is 2. The Kier molecular flexibility index (Phi) is 4.46. The lowest BCUT2D eigenvalue weighted by Gasteiger charge is -2.29. The first-order valence-electron chi connectivity index (χ1n) is 8.35. The third-order valence-electron chi connectivity index (χ3n) is 4.77. The Hall–Kier alpha value is -1.84. The number of amides is 2. The van der Waals surface area contributed by atoms with Crippen molar-refractivity contribution in [3.63, 3.8) is 0 Å². The minimum absolute atomic E-state index is 0.0405. The van der Waals surface area contributed by atoms with Gasteiger partial charge in [-0.25, -0.2) is 0 Å². The molecular formula is C18H24N2O2. The highest BCUT2D eigenvalue weighted by Gasteiger charge is 2.29. The van der Waals surface area contributed by atoms with Crippen molar-refractivity contribution in [3.8, 4) is 0 Å². The minimum Gasteiger partial charge on any atom is -0.349 e. The van der Waals surface area contributed by atoms with E-state index in [0.717, 1.165) is 19.3 Å². The predicted octanol–water partition coefficient (Wildman–Crippen LogP) is 3.34. The summed E-state index contributed by atoms with van der Waals surface area (Å²) in [5.41, 5.74) is 1.33. The molecule has 4 nitrogen and oxygen atoms in total. The van der Waals surface area contributed by atoms with Crippen molar-refractivity contribution >= 4 is 17.5 Å². The van der Waals surface area contributed by atoms with E-state index in [1.807, 2.05) is 12.1 Å². The predicted molar refractivity (Wildman–Crippen MR) is 86.7 cm³/mol. The summed E-state index contributed by atoms with van der Waals surface area (Å²) in [4.78, 5) is 24.2. The maximum Gasteiger partial charge on any atom is 0.251 e. The van der Waals surface area contributed by atoms with Gasteiger partial charge in [0.2, 0.25) is 5.91 Å².